The highest BCUT2D eigenvalue weighted by atomic mass is 16.6. The van der Waals surface area contributed by atoms with E-state index in [1.54, 1.807) is 4.90 Å². The highest BCUT2D eigenvalue weighted by Gasteiger charge is 2.66. The van der Waals surface area contributed by atoms with E-state index in [0.29, 0.717) is 19.3 Å². The van der Waals surface area contributed by atoms with Gasteiger partial charge in [-0.25, -0.2) is 0 Å². The summed E-state index contributed by atoms with van der Waals surface area (Å²) in [5.41, 5.74) is 2.45. The summed E-state index contributed by atoms with van der Waals surface area (Å²) in [6.45, 7) is 5.73. The van der Waals surface area contributed by atoms with Gasteiger partial charge in [0.2, 0.25) is 11.8 Å². The number of imide groups is 1. The summed E-state index contributed by atoms with van der Waals surface area (Å²) >= 11 is 0. The summed E-state index contributed by atoms with van der Waals surface area (Å²) in [6.07, 6.45) is 6.43. The maximum atomic E-state index is 13.6. The Labute approximate surface area is 189 Å². The Kier molecular flexibility index (Phi) is 5.37. The highest BCUT2D eigenvalue weighted by molar-refractivity contribution is 6.05. The first-order valence-corrected chi connectivity index (χ1v) is 12.3. The predicted octanol–water partition coefficient (Wildman–Crippen LogP) is 4.14. The van der Waals surface area contributed by atoms with E-state index in [-0.39, 0.29) is 41.5 Å². The molecule has 0 aromatic heterocycles. The first kappa shape index (κ1) is 21.9. The van der Waals surface area contributed by atoms with Crippen molar-refractivity contribution in [1.29, 1.82) is 0 Å². The van der Waals surface area contributed by atoms with Gasteiger partial charge in [-0.05, 0) is 74.8 Å². The van der Waals surface area contributed by atoms with Crippen LogP contribution in [0.5, 0.6) is 5.75 Å². The number of aromatic hydroxyl groups is 1. The molecule has 4 fully saturated rings. The second-order valence-corrected chi connectivity index (χ2v) is 10.5. The van der Waals surface area contributed by atoms with Crippen molar-refractivity contribution in [2.24, 2.45) is 23.7 Å². The Bertz CT molecular complexity index is 915. The lowest BCUT2D eigenvalue weighted by Gasteiger charge is -2.44. The summed E-state index contributed by atoms with van der Waals surface area (Å²) in [6, 6.07) is 3.83. The first-order chi connectivity index (χ1) is 15.3. The van der Waals surface area contributed by atoms with Crippen molar-refractivity contribution in [2.75, 3.05) is 0 Å². The number of amides is 2. The zero-order valence-corrected chi connectivity index (χ0v) is 19.3. The lowest BCUT2D eigenvalue weighted by atomic mass is 9.64. The van der Waals surface area contributed by atoms with Crippen molar-refractivity contribution >= 4 is 11.8 Å². The van der Waals surface area contributed by atoms with Gasteiger partial charge in [0.15, 0.2) is 5.79 Å². The lowest BCUT2D eigenvalue weighted by molar-refractivity contribution is -0.269. The minimum atomic E-state index is -1.40. The van der Waals surface area contributed by atoms with Gasteiger partial charge in [-0.1, -0.05) is 26.2 Å². The van der Waals surface area contributed by atoms with Crippen LogP contribution in [0.15, 0.2) is 12.1 Å². The third kappa shape index (κ3) is 3.13. The third-order valence-corrected chi connectivity index (χ3v) is 8.72. The smallest absolute Gasteiger partial charge is 0.233 e. The number of aryl methyl sites for hydroxylation is 2. The van der Waals surface area contributed by atoms with Crippen molar-refractivity contribution in [3.05, 3.63) is 28.8 Å². The van der Waals surface area contributed by atoms with Crippen molar-refractivity contribution < 1.29 is 24.5 Å². The van der Waals surface area contributed by atoms with Gasteiger partial charge >= 0.3 is 0 Å². The van der Waals surface area contributed by atoms with Gasteiger partial charge in [-0.3, -0.25) is 14.5 Å². The molecule has 2 saturated heterocycles. The SMILES string of the molecule is CC[C@H]1C[C@@H]2C(=O)N(C3CCCCC3)C(=O)[C@@H]2[C@@H]2C[C@@H](c3cc(C)c(O)c(C)c3)O[C@]12O. The fourth-order valence-corrected chi connectivity index (χ4v) is 7.05. The summed E-state index contributed by atoms with van der Waals surface area (Å²) in [7, 11) is 0. The quantitative estimate of drug-likeness (QED) is 0.689. The second-order valence-electron chi connectivity index (χ2n) is 10.5. The zero-order chi connectivity index (χ0) is 22.8. The molecule has 32 heavy (non-hydrogen) atoms. The van der Waals surface area contributed by atoms with Crippen LogP contribution < -0.4 is 0 Å². The summed E-state index contributed by atoms with van der Waals surface area (Å²) in [4.78, 5) is 28.6. The third-order valence-electron chi connectivity index (χ3n) is 8.72. The van der Waals surface area contributed by atoms with Crippen LogP contribution >= 0.6 is 0 Å². The number of ether oxygens (including phenoxy) is 1. The molecule has 0 unspecified atom stereocenters. The number of carbonyl (C=O) groups is 2. The molecule has 6 nitrogen and oxygen atoms in total. The fourth-order valence-electron chi connectivity index (χ4n) is 7.05. The first-order valence-electron chi connectivity index (χ1n) is 12.3. The topological polar surface area (TPSA) is 87.1 Å². The monoisotopic (exact) mass is 441 g/mol. The lowest BCUT2D eigenvalue weighted by Crippen LogP contribution is -2.53. The molecule has 6 heteroatoms. The van der Waals surface area contributed by atoms with E-state index < -0.39 is 17.6 Å². The molecule has 174 valence electrons. The number of fused-ring (bicyclic) bond motifs is 3. The minimum Gasteiger partial charge on any atom is -0.507 e. The van der Waals surface area contributed by atoms with Crippen LogP contribution in [-0.2, 0) is 14.3 Å². The van der Waals surface area contributed by atoms with Crippen molar-refractivity contribution in [1.82, 2.24) is 4.90 Å². The van der Waals surface area contributed by atoms with Crippen LogP contribution in [0, 0.1) is 37.5 Å². The van der Waals surface area contributed by atoms with Gasteiger partial charge in [-0.15, -0.1) is 0 Å². The van der Waals surface area contributed by atoms with E-state index in [4.69, 9.17) is 4.74 Å². The van der Waals surface area contributed by atoms with Crippen LogP contribution in [-0.4, -0.2) is 38.8 Å². The number of phenolic OH excluding ortho intramolecular Hbond substituents is 1. The van der Waals surface area contributed by atoms with Gasteiger partial charge in [-0.2, -0.15) is 0 Å². The van der Waals surface area contributed by atoms with Gasteiger partial charge < -0.3 is 14.9 Å². The van der Waals surface area contributed by atoms with Crippen molar-refractivity contribution in [3.8, 4) is 5.75 Å². The molecule has 2 heterocycles. The van der Waals surface area contributed by atoms with E-state index in [1.165, 1.54) is 6.42 Å². The fraction of sp³-hybridized carbons (Fsp3) is 0.692. The van der Waals surface area contributed by atoms with Crippen molar-refractivity contribution in [3.63, 3.8) is 0 Å². The van der Waals surface area contributed by atoms with E-state index in [2.05, 4.69) is 0 Å². The number of likely N-dealkylation sites (tertiary alicyclic amines) is 1. The molecule has 1 aromatic rings. The molecule has 5 rings (SSSR count). The molecule has 2 saturated carbocycles. The molecule has 2 aliphatic heterocycles. The molecular weight excluding hydrogens is 406 g/mol. The maximum absolute atomic E-state index is 13.6. The summed E-state index contributed by atoms with van der Waals surface area (Å²) in [5.74, 6) is -2.66. The Morgan fingerprint density at radius 2 is 1.72 bits per heavy atom. The molecule has 2 amide bonds. The molecule has 0 spiro atoms. The molecule has 0 radical (unpaired) electrons. The maximum Gasteiger partial charge on any atom is 0.233 e. The van der Waals surface area contributed by atoms with Gasteiger partial charge in [0, 0.05) is 17.9 Å². The van der Waals surface area contributed by atoms with Gasteiger partial charge in [0.05, 0.1) is 17.9 Å². The highest BCUT2D eigenvalue weighted by Crippen LogP contribution is 2.59. The van der Waals surface area contributed by atoms with Crippen LogP contribution in [0.4, 0.5) is 0 Å². The van der Waals surface area contributed by atoms with Crippen LogP contribution in [0.2, 0.25) is 0 Å². The molecule has 4 aliphatic rings. The second kappa shape index (κ2) is 7.84. The number of aliphatic hydroxyl groups is 1. The van der Waals surface area contributed by atoms with Crippen LogP contribution in [0.1, 0.15) is 81.1 Å². The summed E-state index contributed by atoms with van der Waals surface area (Å²) in [5, 5.41) is 22.0. The van der Waals surface area contributed by atoms with Gasteiger partial charge in [0.25, 0.3) is 0 Å². The number of phenols is 1. The Hall–Kier alpha value is -1.92. The number of hydrogen-bond donors (Lipinski definition) is 2. The zero-order valence-electron chi connectivity index (χ0n) is 19.3. The molecular formula is C26H35NO5. The number of nitrogens with zero attached hydrogens (tertiary/aromatic N) is 1. The Morgan fingerprint density at radius 1 is 1.06 bits per heavy atom. The average Bonchev–Trinajstić information content (AvgIpc) is 3.25. The predicted molar refractivity (Wildman–Crippen MR) is 119 cm³/mol. The van der Waals surface area contributed by atoms with Gasteiger partial charge in [0.1, 0.15) is 5.75 Å². The Balaban J connectivity index is 1.49. The van der Waals surface area contributed by atoms with E-state index in [1.807, 2.05) is 32.9 Å². The molecule has 1 aromatic carbocycles. The molecule has 0 bridgehead atoms. The minimum absolute atomic E-state index is 0.0167. The van der Waals surface area contributed by atoms with Crippen LogP contribution in [0.3, 0.4) is 0 Å². The molecule has 6 atom stereocenters. The van der Waals surface area contributed by atoms with E-state index >= 15 is 0 Å². The largest absolute Gasteiger partial charge is 0.507 e. The Morgan fingerprint density at radius 3 is 2.34 bits per heavy atom. The normalized spacial score (nSPS) is 37.6. The van der Waals surface area contributed by atoms with E-state index in [9.17, 15) is 19.8 Å². The van der Waals surface area contributed by atoms with E-state index in [0.717, 1.165) is 42.4 Å². The summed E-state index contributed by atoms with van der Waals surface area (Å²) < 4.78 is 6.36. The number of rotatable bonds is 3. The average molecular weight is 442 g/mol. The number of carbonyl (C=O) groups excluding carboxylic acids is 2. The van der Waals surface area contributed by atoms with Crippen molar-refractivity contribution in [2.45, 2.75) is 90.1 Å². The number of benzene rings is 1. The van der Waals surface area contributed by atoms with Crippen LogP contribution in [0.25, 0.3) is 0 Å². The molecule has 2 aliphatic carbocycles. The standard InChI is InChI=1S/C26H35NO5/c1-4-17-12-19-22(25(30)27(24(19)29)18-8-6-5-7-9-18)20-13-21(32-26(17,20)31)16-10-14(2)23(28)15(3)11-16/h10-11,17-22,28,31H,4-9,12-13H2,1-3H3/t17-,19-,20-,21-,22-,26+/m0/s1. The molecule has 2 N–H and O–H groups in total. The number of hydrogen-bond acceptors (Lipinski definition) is 5.